The first-order valence-electron chi connectivity index (χ1n) is 6.64. The van der Waals surface area contributed by atoms with E-state index >= 15 is 0 Å². The van der Waals surface area contributed by atoms with Gasteiger partial charge in [-0.1, -0.05) is 18.2 Å². The molecule has 0 aliphatic rings. The number of para-hydroxylation sites is 2. The summed E-state index contributed by atoms with van der Waals surface area (Å²) in [6, 6.07) is 10.8. The van der Waals surface area contributed by atoms with Crippen molar-refractivity contribution in [3.63, 3.8) is 0 Å². The highest BCUT2D eigenvalue weighted by Gasteiger charge is 2.16. The van der Waals surface area contributed by atoms with Gasteiger partial charge in [0.1, 0.15) is 12.2 Å². The molecule has 0 spiro atoms. The van der Waals surface area contributed by atoms with Crippen LogP contribution in [-0.2, 0) is 11.3 Å². The quantitative estimate of drug-likeness (QED) is 0.571. The number of hydrogen-bond acceptors (Lipinski definition) is 5. The number of pyridine rings is 1. The zero-order valence-electron chi connectivity index (χ0n) is 11.7. The van der Waals surface area contributed by atoms with Crippen LogP contribution in [0.3, 0.4) is 0 Å². The lowest BCUT2D eigenvalue weighted by Crippen LogP contribution is -2.28. The van der Waals surface area contributed by atoms with Crippen molar-refractivity contribution in [1.82, 2.24) is 14.2 Å². The summed E-state index contributed by atoms with van der Waals surface area (Å²) in [6.07, 6.45) is 1.54. The van der Waals surface area contributed by atoms with Gasteiger partial charge in [0.05, 0.1) is 4.92 Å². The van der Waals surface area contributed by atoms with Crippen LogP contribution in [-0.4, -0.2) is 25.0 Å². The molecule has 0 aliphatic carbocycles. The summed E-state index contributed by atoms with van der Waals surface area (Å²) in [5.74, 6) is -0.579. The van der Waals surface area contributed by atoms with Crippen molar-refractivity contribution in [2.24, 2.45) is 0 Å². The molecule has 3 aromatic rings. The smallest absolute Gasteiger partial charge is 0.319 e. The molecule has 1 N–H and O–H groups in total. The second-order valence-electron chi connectivity index (χ2n) is 4.69. The molecule has 0 atom stereocenters. The summed E-state index contributed by atoms with van der Waals surface area (Å²) in [7, 11) is 0. The van der Waals surface area contributed by atoms with Crippen molar-refractivity contribution in [2.75, 3.05) is 5.32 Å². The Morgan fingerprint density at radius 3 is 2.70 bits per heavy atom. The van der Waals surface area contributed by atoms with Crippen LogP contribution in [0.15, 0.2) is 53.5 Å². The summed E-state index contributed by atoms with van der Waals surface area (Å²) in [5.41, 5.74) is -0.197. The molecule has 2 aromatic heterocycles. The third-order valence-electron chi connectivity index (χ3n) is 3.16. The van der Waals surface area contributed by atoms with E-state index in [-0.39, 0.29) is 17.9 Å². The normalized spacial score (nSPS) is 10.6. The lowest BCUT2D eigenvalue weighted by atomic mass is 10.2. The highest BCUT2D eigenvalue weighted by Crippen LogP contribution is 2.22. The lowest BCUT2D eigenvalue weighted by molar-refractivity contribution is -0.383. The molecule has 2 heterocycles. The van der Waals surface area contributed by atoms with E-state index in [1.807, 2.05) is 0 Å². The molecule has 0 saturated carbocycles. The molecule has 0 saturated heterocycles. The zero-order valence-corrected chi connectivity index (χ0v) is 11.7. The number of carbonyl (C=O) groups is 1. The second kappa shape index (κ2) is 5.72. The van der Waals surface area contributed by atoms with Gasteiger partial charge in [0.15, 0.2) is 5.65 Å². The Hall–Kier alpha value is -3.49. The molecule has 0 radical (unpaired) electrons. The van der Waals surface area contributed by atoms with Crippen LogP contribution in [0.25, 0.3) is 5.65 Å². The minimum absolute atomic E-state index is 0.0688. The van der Waals surface area contributed by atoms with Gasteiger partial charge in [-0.2, -0.15) is 0 Å². The van der Waals surface area contributed by atoms with Gasteiger partial charge in [-0.25, -0.2) is 9.48 Å². The first-order valence-corrected chi connectivity index (χ1v) is 6.64. The number of hydrogen-bond donors (Lipinski definition) is 1. The van der Waals surface area contributed by atoms with Crippen molar-refractivity contribution in [1.29, 1.82) is 0 Å². The minimum atomic E-state index is -0.591. The first-order chi connectivity index (χ1) is 11.1. The van der Waals surface area contributed by atoms with Crippen molar-refractivity contribution < 1.29 is 9.72 Å². The number of nitrogens with one attached hydrogen (secondary N) is 1. The Labute approximate surface area is 128 Å². The number of rotatable bonds is 4. The van der Waals surface area contributed by atoms with Gasteiger partial charge < -0.3 is 5.32 Å². The Morgan fingerprint density at radius 2 is 1.96 bits per heavy atom. The molecule has 0 bridgehead atoms. The van der Waals surface area contributed by atoms with Gasteiger partial charge in [0.2, 0.25) is 5.91 Å². The van der Waals surface area contributed by atoms with Crippen LogP contribution in [0.5, 0.6) is 0 Å². The maximum atomic E-state index is 12.1. The number of benzene rings is 1. The Balaban J connectivity index is 1.83. The third-order valence-corrected chi connectivity index (χ3v) is 3.16. The van der Waals surface area contributed by atoms with E-state index < -0.39 is 16.5 Å². The summed E-state index contributed by atoms with van der Waals surface area (Å²) in [4.78, 5) is 34.4. The highest BCUT2D eigenvalue weighted by atomic mass is 16.6. The van der Waals surface area contributed by atoms with Crippen molar-refractivity contribution in [2.45, 2.75) is 6.54 Å². The lowest BCUT2D eigenvalue weighted by Gasteiger charge is -2.05. The molecule has 23 heavy (non-hydrogen) atoms. The zero-order chi connectivity index (χ0) is 16.4. The second-order valence-corrected chi connectivity index (χ2v) is 4.69. The molecule has 9 heteroatoms. The highest BCUT2D eigenvalue weighted by molar-refractivity contribution is 5.92. The molecule has 1 aromatic carbocycles. The molecule has 0 fully saturated rings. The van der Waals surface area contributed by atoms with Crippen molar-refractivity contribution >= 4 is 22.9 Å². The van der Waals surface area contributed by atoms with Crippen LogP contribution in [0.2, 0.25) is 0 Å². The molecule has 9 nitrogen and oxygen atoms in total. The number of nitro groups is 1. The summed E-state index contributed by atoms with van der Waals surface area (Å²) in [6.45, 7) is -0.341. The Kier molecular flexibility index (Phi) is 3.59. The summed E-state index contributed by atoms with van der Waals surface area (Å²) < 4.78 is 2.30. The number of fused-ring (bicyclic) bond motifs is 1. The van der Waals surface area contributed by atoms with Crippen LogP contribution < -0.4 is 11.0 Å². The Bertz CT molecular complexity index is 959. The van der Waals surface area contributed by atoms with E-state index in [0.717, 1.165) is 4.68 Å². The van der Waals surface area contributed by atoms with Crippen LogP contribution >= 0.6 is 0 Å². The monoisotopic (exact) mass is 313 g/mol. The van der Waals surface area contributed by atoms with Gasteiger partial charge in [0, 0.05) is 12.3 Å². The molecule has 3 rings (SSSR count). The van der Waals surface area contributed by atoms with E-state index in [2.05, 4.69) is 10.4 Å². The number of aromatic nitrogens is 3. The number of amides is 1. The van der Waals surface area contributed by atoms with Crippen LogP contribution in [0.1, 0.15) is 0 Å². The van der Waals surface area contributed by atoms with Gasteiger partial charge in [-0.15, -0.1) is 5.10 Å². The predicted molar refractivity (Wildman–Crippen MR) is 81.2 cm³/mol. The molecular formula is C14H11N5O4. The summed E-state index contributed by atoms with van der Waals surface area (Å²) in [5, 5.41) is 17.4. The number of carbonyl (C=O) groups excluding carboxylic acids is 1. The van der Waals surface area contributed by atoms with Gasteiger partial charge in [-0.05, 0) is 18.2 Å². The number of anilines is 1. The van der Waals surface area contributed by atoms with Gasteiger partial charge >= 0.3 is 5.69 Å². The molecule has 1 amide bonds. The van der Waals surface area contributed by atoms with E-state index in [4.69, 9.17) is 0 Å². The average molecular weight is 313 g/mol. The maximum Gasteiger partial charge on any atom is 0.350 e. The fourth-order valence-corrected chi connectivity index (χ4v) is 2.14. The minimum Gasteiger partial charge on any atom is -0.319 e. The van der Waals surface area contributed by atoms with Crippen LogP contribution in [0.4, 0.5) is 11.4 Å². The van der Waals surface area contributed by atoms with Crippen molar-refractivity contribution in [3.05, 3.63) is 69.3 Å². The molecule has 0 unspecified atom stereocenters. The number of nitro benzene ring substituents is 1. The van der Waals surface area contributed by atoms with Gasteiger partial charge in [-0.3, -0.25) is 19.3 Å². The largest absolute Gasteiger partial charge is 0.350 e. The number of nitrogens with zero attached hydrogens (tertiary/aromatic N) is 4. The van der Waals surface area contributed by atoms with Crippen molar-refractivity contribution in [3.8, 4) is 0 Å². The fraction of sp³-hybridized carbons (Fsp3) is 0.0714. The molecule has 0 aliphatic heterocycles. The SMILES string of the molecule is O=C(Cn1nc2ccccn2c1=O)Nc1ccccc1[N+](=O)[O-]. The average Bonchev–Trinajstić information content (AvgIpc) is 2.84. The summed E-state index contributed by atoms with van der Waals surface area (Å²) >= 11 is 0. The van der Waals surface area contributed by atoms with E-state index in [1.165, 1.54) is 22.6 Å². The van der Waals surface area contributed by atoms with E-state index in [9.17, 15) is 19.7 Å². The molecule has 116 valence electrons. The Morgan fingerprint density at radius 1 is 1.22 bits per heavy atom. The third kappa shape index (κ3) is 2.79. The van der Waals surface area contributed by atoms with Crippen LogP contribution in [0, 0.1) is 10.1 Å². The predicted octanol–water partition coefficient (Wildman–Crippen LogP) is 1.04. The molecular weight excluding hydrogens is 302 g/mol. The fourth-order valence-electron chi connectivity index (χ4n) is 2.14. The van der Waals surface area contributed by atoms with Gasteiger partial charge in [0.25, 0.3) is 5.69 Å². The standard InChI is InChI=1S/C14H11N5O4/c20-13(15-10-5-1-2-6-11(10)19(22)23)9-18-14(21)17-8-4-3-7-12(17)16-18/h1-8H,9H2,(H,15,20). The van der Waals surface area contributed by atoms with E-state index in [1.54, 1.807) is 30.5 Å². The topological polar surface area (TPSA) is 112 Å². The first kappa shape index (κ1) is 14.4. The van der Waals surface area contributed by atoms with E-state index in [0.29, 0.717) is 5.65 Å². The maximum absolute atomic E-state index is 12.1.